The first-order valence-corrected chi connectivity index (χ1v) is 5.96. The van der Waals surface area contributed by atoms with Gasteiger partial charge < -0.3 is 5.32 Å². The summed E-state index contributed by atoms with van der Waals surface area (Å²) < 4.78 is 0. The first-order valence-electron chi connectivity index (χ1n) is 5.08. The van der Waals surface area contributed by atoms with Crippen LogP contribution in [0, 0.1) is 0 Å². The average Bonchev–Trinajstić information content (AvgIpc) is 2.79. The van der Waals surface area contributed by atoms with Crippen LogP contribution in [-0.2, 0) is 13.0 Å². The molecule has 0 unspecified atom stereocenters. The molecular formula is C12H14N2S. The van der Waals surface area contributed by atoms with Gasteiger partial charge in [-0.3, -0.25) is 4.98 Å². The highest BCUT2D eigenvalue weighted by Gasteiger charge is 1.94. The second-order valence-corrected chi connectivity index (χ2v) is 4.36. The van der Waals surface area contributed by atoms with Gasteiger partial charge in [-0.05, 0) is 30.0 Å². The van der Waals surface area contributed by atoms with Crippen molar-refractivity contribution in [2.75, 3.05) is 6.54 Å². The molecule has 78 valence electrons. The highest BCUT2D eigenvalue weighted by Crippen LogP contribution is 2.08. The van der Waals surface area contributed by atoms with Gasteiger partial charge in [0.1, 0.15) is 0 Å². The molecule has 2 aromatic rings. The standard InChI is InChI=1S/C12H14N2S/c1-2-7-14-11(4-1)10-13-8-6-12-5-3-9-15-12/h1-5,7,9,13H,6,8,10H2. The molecule has 3 heteroatoms. The summed E-state index contributed by atoms with van der Waals surface area (Å²) in [5, 5.41) is 5.50. The van der Waals surface area contributed by atoms with Gasteiger partial charge >= 0.3 is 0 Å². The lowest BCUT2D eigenvalue weighted by molar-refractivity contribution is 0.678. The number of pyridine rings is 1. The van der Waals surface area contributed by atoms with Crippen LogP contribution in [0.5, 0.6) is 0 Å². The van der Waals surface area contributed by atoms with Crippen LogP contribution in [0.4, 0.5) is 0 Å². The number of nitrogens with zero attached hydrogens (tertiary/aromatic N) is 1. The Kier molecular flexibility index (Phi) is 3.88. The maximum Gasteiger partial charge on any atom is 0.0541 e. The molecule has 0 atom stereocenters. The van der Waals surface area contributed by atoms with Gasteiger partial charge in [0.15, 0.2) is 0 Å². The molecule has 2 heterocycles. The lowest BCUT2D eigenvalue weighted by atomic mass is 10.3. The van der Waals surface area contributed by atoms with Gasteiger partial charge in [0.25, 0.3) is 0 Å². The highest BCUT2D eigenvalue weighted by molar-refractivity contribution is 7.09. The smallest absolute Gasteiger partial charge is 0.0541 e. The van der Waals surface area contributed by atoms with Crippen LogP contribution in [0.3, 0.4) is 0 Å². The van der Waals surface area contributed by atoms with Gasteiger partial charge in [-0.2, -0.15) is 0 Å². The summed E-state index contributed by atoms with van der Waals surface area (Å²) in [7, 11) is 0. The molecule has 0 spiro atoms. The Morgan fingerprint density at radius 1 is 1.20 bits per heavy atom. The maximum atomic E-state index is 4.25. The minimum Gasteiger partial charge on any atom is -0.311 e. The van der Waals surface area contributed by atoms with E-state index in [0.29, 0.717) is 0 Å². The second kappa shape index (κ2) is 5.63. The van der Waals surface area contributed by atoms with Crippen LogP contribution in [0.2, 0.25) is 0 Å². The Balaban J connectivity index is 1.68. The minimum absolute atomic E-state index is 0.853. The van der Waals surface area contributed by atoms with Gasteiger partial charge in [0.2, 0.25) is 0 Å². The number of nitrogens with one attached hydrogen (secondary N) is 1. The van der Waals surface area contributed by atoms with E-state index in [2.05, 4.69) is 27.8 Å². The molecule has 0 amide bonds. The molecule has 0 bridgehead atoms. The van der Waals surface area contributed by atoms with Gasteiger partial charge in [0, 0.05) is 24.2 Å². The molecule has 0 aromatic carbocycles. The maximum absolute atomic E-state index is 4.25. The topological polar surface area (TPSA) is 24.9 Å². The van der Waals surface area contributed by atoms with E-state index in [1.807, 2.05) is 35.7 Å². The third-order valence-electron chi connectivity index (χ3n) is 2.16. The number of hydrogen-bond donors (Lipinski definition) is 1. The van der Waals surface area contributed by atoms with Crippen molar-refractivity contribution in [3.05, 3.63) is 52.5 Å². The zero-order valence-electron chi connectivity index (χ0n) is 8.52. The SMILES string of the molecule is c1ccc(CNCCc2cccs2)nc1. The number of rotatable bonds is 5. The molecule has 0 aliphatic heterocycles. The Hall–Kier alpha value is -1.19. The van der Waals surface area contributed by atoms with E-state index in [1.165, 1.54) is 4.88 Å². The number of aromatic nitrogens is 1. The molecule has 0 fully saturated rings. The molecule has 2 rings (SSSR count). The molecule has 0 aliphatic carbocycles. The first kappa shape index (κ1) is 10.3. The van der Waals surface area contributed by atoms with Crippen molar-refractivity contribution in [3.8, 4) is 0 Å². The summed E-state index contributed by atoms with van der Waals surface area (Å²) in [5.74, 6) is 0. The third-order valence-corrected chi connectivity index (χ3v) is 3.10. The summed E-state index contributed by atoms with van der Waals surface area (Å²) >= 11 is 1.81. The molecule has 0 radical (unpaired) electrons. The summed E-state index contributed by atoms with van der Waals surface area (Å²) in [6.45, 7) is 1.86. The van der Waals surface area contributed by atoms with Gasteiger partial charge in [-0.15, -0.1) is 11.3 Å². The van der Waals surface area contributed by atoms with Crippen LogP contribution < -0.4 is 5.32 Å². The third kappa shape index (κ3) is 3.46. The Morgan fingerprint density at radius 3 is 2.93 bits per heavy atom. The zero-order valence-corrected chi connectivity index (χ0v) is 9.33. The monoisotopic (exact) mass is 218 g/mol. The fourth-order valence-electron chi connectivity index (χ4n) is 1.39. The van der Waals surface area contributed by atoms with Crippen molar-refractivity contribution in [3.63, 3.8) is 0 Å². The van der Waals surface area contributed by atoms with E-state index < -0.39 is 0 Å². The van der Waals surface area contributed by atoms with Crippen LogP contribution >= 0.6 is 11.3 Å². The number of hydrogen-bond acceptors (Lipinski definition) is 3. The lowest BCUT2D eigenvalue weighted by Crippen LogP contribution is -2.16. The van der Waals surface area contributed by atoms with Crippen molar-refractivity contribution in [1.29, 1.82) is 0 Å². The van der Waals surface area contributed by atoms with Crippen molar-refractivity contribution >= 4 is 11.3 Å². The van der Waals surface area contributed by atoms with Gasteiger partial charge in [0.05, 0.1) is 5.69 Å². The van der Waals surface area contributed by atoms with Crippen molar-refractivity contribution in [2.24, 2.45) is 0 Å². The molecule has 0 aliphatic rings. The Labute approximate surface area is 94.0 Å². The van der Waals surface area contributed by atoms with E-state index in [-0.39, 0.29) is 0 Å². The summed E-state index contributed by atoms with van der Waals surface area (Å²) in [6, 6.07) is 10.3. The van der Waals surface area contributed by atoms with E-state index >= 15 is 0 Å². The molecule has 2 aromatic heterocycles. The van der Waals surface area contributed by atoms with E-state index in [9.17, 15) is 0 Å². The molecule has 1 N–H and O–H groups in total. The first-order chi connectivity index (χ1) is 7.45. The van der Waals surface area contributed by atoms with Crippen molar-refractivity contribution in [2.45, 2.75) is 13.0 Å². The number of thiophene rings is 1. The van der Waals surface area contributed by atoms with Crippen LogP contribution in [0.1, 0.15) is 10.6 Å². The van der Waals surface area contributed by atoms with E-state index in [4.69, 9.17) is 0 Å². The van der Waals surface area contributed by atoms with Crippen molar-refractivity contribution < 1.29 is 0 Å². The van der Waals surface area contributed by atoms with Gasteiger partial charge in [-0.1, -0.05) is 12.1 Å². The molecule has 2 nitrogen and oxygen atoms in total. The Bertz CT molecular complexity index is 370. The normalized spacial score (nSPS) is 10.4. The van der Waals surface area contributed by atoms with Crippen LogP contribution in [0.25, 0.3) is 0 Å². The fraction of sp³-hybridized carbons (Fsp3) is 0.250. The van der Waals surface area contributed by atoms with Crippen LogP contribution in [0.15, 0.2) is 41.9 Å². The summed E-state index contributed by atoms with van der Waals surface area (Å²) in [6.07, 6.45) is 2.93. The van der Waals surface area contributed by atoms with Gasteiger partial charge in [-0.25, -0.2) is 0 Å². The minimum atomic E-state index is 0.853. The molecule has 0 saturated carbocycles. The molecular weight excluding hydrogens is 204 g/mol. The average molecular weight is 218 g/mol. The second-order valence-electron chi connectivity index (χ2n) is 3.33. The lowest BCUT2D eigenvalue weighted by Gasteiger charge is -2.02. The van der Waals surface area contributed by atoms with E-state index in [0.717, 1.165) is 25.2 Å². The van der Waals surface area contributed by atoms with Crippen LogP contribution in [-0.4, -0.2) is 11.5 Å². The predicted octanol–water partition coefficient (Wildman–Crippen LogP) is 2.48. The van der Waals surface area contributed by atoms with E-state index in [1.54, 1.807) is 0 Å². The predicted molar refractivity (Wildman–Crippen MR) is 64.0 cm³/mol. The largest absolute Gasteiger partial charge is 0.311 e. The quantitative estimate of drug-likeness (QED) is 0.780. The molecule has 15 heavy (non-hydrogen) atoms. The summed E-state index contributed by atoms with van der Waals surface area (Å²) in [5.41, 5.74) is 1.10. The fourth-order valence-corrected chi connectivity index (χ4v) is 2.09. The summed E-state index contributed by atoms with van der Waals surface area (Å²) in [4.78, 5) is 5.69. The highest BCUT2D eigenvalue weighted by atomic mass is 32.1. The zero-order chi connectivity index (χ0) is 10.3. The van der Waals surface area contributed by atoms with Crippen molar-refractivity contribution in [1.82, 2.24) is 10.3 Å². The molecule has 0 saturated heterocycles. The Morgan fingerprint density at radius 2 is 2.20 bits per heavy atom.